The third-order valence-corrected chi connectivity index (χ3v) is 4.56. The molecule has 2 fully saturated rings. The molecule has 2 heterocycles. The van der Waals surface area contributed by atoms with Crippen LogP contribution in [-0.2, 0) is 19.1 Å². The van der Waals surface area contributed by atoms with Crippen LogP contribution in [0.1, 0.15) is 12.0 Å². The van der Waals surface area contributed by atoms with Gasteiger partial charge >= 0.3 is 5.97 Å². The van der Waals surface area contributed by atoms with E-state index in [9.17, 15) is 23.9 Å². The van der Waals surface area contributed by atoms with Crippen LogP contribution >= 0.6 is 0 Å². The molecule has 1 aromatic carbocycles. The predicted octanol–water partition coefficient (Wildman–Crippen LogP) is 0.799. The summed E-state index contributed by atoms with van der Waals surface area (Å²) in [5.74, 6) is -3.09. The van der Waals surface area contributed by atoms with Gasteiger partial charge in [-0.25, -0.2) is 9.18 Å². The molecule has 134 valence electrons. The average molecular weight is 350 g/mol. The first-order valence-corrected chi connectivity index (χ1v) is 8.06. The van der Waals surface area contributed by atoms with Crippen molar-refractivity contribution < 1.29 is 28.6 Å². The van der Waals surface area contributed by atoms with Crippen LogP contribution in [0.25, 0.3) is 0 Å². The molecule has 2 aliphatic heterocycles. The summed E-state index contributed by atoms with van der Waals surface area (Å²) in [4.78, 5) is 38.8. The SMILES string of the molecule is Cc1ccc(N2C[C@H](C(=O)N3CCOC[C@H]3C(=O)O)CC2=O)c(F)c1. The maximum Gasteiger partial charge on any atom is 0.328 e. The number of nitrogens with zero attached hydrogens (tertiary/aromatic N) is 2. The summed E-state index contributed by atoms with van der Waals surface area (Å²) in [7, 11) is 0. The lowest BCUT2D eigenvalue weighted by Crippen LogP contribution is -2.54. The van der Waals surface area contributed by atoms with E-state index in [1.165, 1.54) is 21.9 Å². The number of carbonyl (C=O) groups excluding carboxylic acids is 2. The van der Waals surface area contributed by atoms with Crippen LogP contribution in [-0.4, -0.2) is 60.1 Å². The second kappa shape index (κ2) is 6.79. The zero-order chi connectivity index (χ0) is 18.1. The van der Waals surface area contributed by atoms with Crippen molar-refractivity contribution in [2.24, 2.45) is 5.92 Å². The van der Waals surface area contributed by atoms with Gasteiger partial charge < -0.3 is 19.6 Å². The number of amides is 2. The Labute approximate surface area is 144 Å². The first kappa shape index (κ1) is 17.3. The zero-order valence-electron chi connectivity index (χ0n) is 13.8. The van der Waals surface area contributed by atoms with Crippen molar-refractivity contribution >= 4 is 23.5 Å². The highest BCUT2D eigenvalue weighted by Gasteiger charge is 2.42. The van der Waals surface area contributed by atoms with Crippen LogP contribution in [0.4, 0.5) is 10.1 Å². The molecule has 2 amide bonds. The Morgan fingerprint density at radius 2 is 2.12 bits per heavy atom. The monoisotopic (exact) mass is 350 g/mol. The summed E-state index contributed by atoms with van der Waals surface area (Å²) in [6, 6.07) is 3.50. The van der Waals surface area contributed by atoms with Gasteiger partial charge in [0.2, 0.25) is 11.8 Å². The van der Waals surface area contributed by atoms with Crippen LogP contribution in [0.15, 0.2) is 18.2 Å². The van der Waals surface area contributed by atoms with Crippen molar-refractivity contribution in [3.05, 3.63) is 29.6 Å². The number of rotatable bonds is 3. The lowest BCUT2D eigenvalue weighted by Gasteiger charge is -2.34. The molecule has 3 rings (SSSR count). The molecular weight excluding hydrogens is 331 g/mol. The average Bonchev–Trinajstić information content (AvgIpc) is 2.96. The first-order chi connectivity index (χ1) is 11.9. The molecule has 7 nitrogen and oxygen atoms in total. The Bertz CT molecular complexity index is 723. The van der Waals surface area contributed by atoms with E-state index in [-0.39, 0.29) is 44.3 Å². The molecule has 0 saturated carbocycles. The normalized spacial score (nSPS) is 23.8. The number of halogens is 1. The number of benzene rings is 1. The van der Waals surface area contributed by atoms with Gasteiger partial charge in [0.1, 0.15) is 5.82 Å². The predicted molar refractivity (Wildman–Crippen MR) is 85.6 cm³/mol. The van der Waals surface area contributed by atoms with Crippen LogP contribution in [0, 0.1) is 18.7 Å². The molecule has 0 spiro atoms. The highest BCUT2D eigenvalue weighted by atomic mass is 19.1. The fourth-order valence-electron chi connectivity index (χ4n) is 3.24. The van der Waals surface area contributed by atoms with E-state index in [2.05, 4.69) is 0 Å². The van der Waals surface area contributed by atoms with Gasteiger partial charge in [-0.2, -0.15) is 0 Å². The molecule has 0 bridgehead atoms. The molecular formula is C17H19FN2O5. The number of ether oxygens (including phenoxy) is 1. The second-order valence-electron chi connectivity index (χ2n) is 6.32. The molecule has 0 radical (unpaired) electrons. The van der Waals surface area contributed by atoms with Gasteiger partial charge in [0.05, 0.1) is 24.8 Å². The Kier molecular flexibility index (Phi) is 4.71. The molecule has 8 heteroatoms. The standard InChI is InChI=1S/C17H19FN2O5/c1-10-2-3-13(12(18)6-10)20-8-11(7-15(20)21)16(22)19-4-5-25-9-14(19)17(23)24/h2-3,6,11,14H,4-5,7-9H2,1H3,(H,23,24)/t11-,14+/m1/s1. The highest BCUT2D eigenvalue weighted by molar-refractivity contribution is 6.01. The van der Waals surface area contributed by atoms with Crippen molar-refractivity contribution in [1.82, 2.24) is 4.90 Å². The first-order valence-electron chi connectivity index (χ1n) is 8.06. The molecule has 2 atom stereocenters. The molecule has 0 unspecified atom stereocenters. The van der Waals surface area contributed by atoms with Crippen molar-refractivity contribution in [3.63, 3.8) is 0 Å². The number of anilines is 1. The molecule has 25 heavy (non-hydrogen) atoms. The number of carboxylic acids is 1. The summed E-state index contributed by atoms with van der Waals surface area (Å²) in [5.41, 5.74) is 0.876. The van der Waals surface area contributed by atoms with Gasteiger partial charge in [-0.15, -0.1) is 0 Å². The number of carboxylic acid groups (broad SMARTS) is 1. The quantitative estimate of drug-likeness (QED) is 0.871. The largest absolute Gasteiger partial charge is 0.480 e. The van der Waals surface area contributed by atoms with E-state index < -0.39 is 29.7 Å². The maximum atomic E-state index is 14.1. The van der Waals surface area contributed by atoms with Gasteiger partial charge in [-0.1, -0.05) is 6.07 Å². The minimum absolute atomic E-state index is 0.0430. The number of hydrogen-bond acceptors (Lipinski definition) is 4. The van der Waals surface area contributed by atoms with Crippen molar-refractivity contribution in [2.45, 2.75) is 19.4 Å². The second-order valence-corrected chi connectivity index (χ2v) is 6.32. The maximum absolute atomic E-state index is 14.1. The molecule has 2 saturated heterocycles. The van der Waals surface area contributed by atoms with E-state index in [0.717, 1.165) is 5.56 Å². The van der Waals surface area contributed by atoms with Crippen molar-refractivity contribution in [1.29, 1.82) is 0 Å². The Morgan fingerprint density at radius 1 is 1.36 bits per heavy atom. The number of aliphatic carboxylic acids is 1. The van der Waals surface area contributed by atoms with Gasteiger partial charge in [-0.05, 0) is 24.6 Å². The Hall–Kier alpha value is -2.48. The summed E-state index contributed by atoms with van der Waals surface area (Å²) < 4.78 is 19.3. The molecule has 0 aliphatic carbocycles. The van der Waals surface area contributed by atoms with Gasteiger partial charge in [0, 0.05) is 19.5 Å². The fraction of sp³-hybridized carbons (Fsp3) is 0.471. The Morgan fingerprint density at radius 3 is 2.80 bits per heavy atom. The minimum Gasteiger partial charge on any atom is -0.480 e. The summed E-state index contributed by atoms with van der Waals surface area (Å²) in [6.45, 7) is 2.14. The van der Waals surface area contributed by atoms with Crippen molar-refractivity contribution in [2.75, 3.05) is 31.2 Å². The van der Waals surface area contributed by atoms with E-state index in [1.54, 1.807) is 13.0 Å². The van der Waals surface area contributed by atoms with E-state index in [1.807, 2.05) is 0 Å². The smallest absolute Gasteiger partial charge is 0.328 e. The molecule has 1 N–H and O–H groups in total. The van der Waals surface area contributed by atoms with E-state index in [0.29, 0.717) is 0 Å². The summed E-state index contributed by atoms with van der Waals surface area (Å²) in [6.07, 6.45) is -0.0597. The topological polar surface area (TPSA) is 87.2 Å². The van der Waals surface area contributed by atoms with Crippen LogP contribution in [0.5, 0.6) is 0 Å². The third-order valence-electron chi connectivity index (χ3n) is 4.56. The molecule has 1 aromatic rings. The van der Waals surface area contributed by atoms with Gasteiger partial charge in [-0.3, -0.25) is 9.59 Å². The zero-order valence-corrected chi connectivity index (χ0v) is 13.8. The number of hydrogen-bond donors (Lipinski definition) is 1. The molecule has 0 aromatic heterocycles. The van der Waals surface area contributed by atoms with Crippen LogP contribution in [0.3, 0.4) is 0 Å². The lowest BCUT2D eigenvalue weighted by molar-refractivity contribution is -0.160. The highest BCUT2D eigenvalue weighted by Crippen LogP contribution is 2.29. The van der Waals surface area contributed by atoms with Crippen molar-refractivity contribution in [3.8, 4) is 0 Å². The minimum atomic E-state index is -1.14. The third kappa shape index (κ3) is 3.34. The van der Waals surface area contributed by atoms with Gasteiger partial charge in [0.15, 0.2) is 6.04 Å². The van der Waals surface area contributed by atoms with Gasteiger partial charge in [0.25, 0.3) is 0 Å². The van der Waals surface area contributed by atoms with Crippen LogP contribution in [0.2, 0.25) is 0 Å². The number of aryl methyl sites for hydroxylation is 1. The fourth-order valence-corrected chi connectivity index (χ4v) is 3.24. The van der Waals surface area contributed by atoms with Crippen LogP contribution < -0.4 is 4.90 Å². The lowest BCUT2D eigenvalue weighted by atomic mass is 10.1. The summed E-state index contributed by atoms with van der Waals surface area (Å²) >= 11 is 0. The van der Waals surface area contributed by atoms with E-state index >= 15 is 0 Å². The number of morpholine rings is 1. The molecule has 2 aliphatic rings. The number of carbonyl (C=O) groups is 3. The van der Waals surface area contributed by atoms with E-state index in [4.69, 9.17) is 4.74 Å². The summed E-state index contributed by atoms with van der Waals surface area (Å²) in [5, 5.41) is 9.24. The Balaban J connectivity index is 1.77.